The standard InChI is InChI=1S/C11H11F3N2OS/c12-11(13,14)8-1-2-9(15-7-8)10(17)16-3-5-18-6-4-16/h1-2,7H,3-6H2. The van der Waals surface area contributed by atoms with Crippen LogP contribution in [0.2, 0.25) is 0 Å². The molecular formula is C11H11F3N2OS. The topological polar surface area (TPSA) is 33.2 Å². The van der Waals surface area contributed by atoms with Crippen LogP contribution in [0.4, 0.5) is 13.2 Å². The lowest BCUT2D eigenvalue weighted by Gasteiger charge is -2.26. The fourth-order valence-corrected chi connectivity index (χ4v) is 2.52. The Kier molecular flexibility index (Phi) is 3.79. The third-order valence-electron chi connectivity index (χ3n) is 2.61. The lowest BCUT2D eigenvalue weighted by atomic mass is 10.2. The van der Waals surface area contributed by atoms with Gasteiger partial charge in [-0.1, -0.05) is 0 Å². The molecule has 0 spiro atoms. The number of carbonyl (C=O) groups is 1. The van der Waals surface area contributed by atoms with Crippen LogP contribution < -0.4 is 0 Å². The second-order valence-electron chi connectivity index (χ2n) is 3.83. The van der Waals surface area contributed by atoms with Gasteiger partial charge in [0.05, 0.1) is 5.56 Å². The molecule has 0 aliphatic carbocycles. The second-order valence-corrected chi connectivity index (χ2v) is 5.06. The minimum absolute atomic E-state index is 0.0647. The third-order valence-corrected chi connectivity index (χ3v) is 3.55. The minimum Gasteiger partial charge on any atom is -0.336 e. The summed E-state index contributed by atoms with van der Waals surface area (Å²) in [6.45, 7) is 1.23. The van der Waals surface area contributed by atoms with E-state index < -0.39 is 11.7 Å². The molecule has 2 rings (SSSR count). The van der Waals surface area contributed by atoms with Gasteiger partial charge in [-0.25, -0.2) is 0 Å². The van der Waals surface area contributed by atoms with Crippen molar-refractivity contribution < 1.29 is 18.0 Å². The summed E-state index contributed by atoms with van der Waals surface area (Å²) in [5.41, 5.74) is -0.775. The normalized spacial score (nSPS) is 16.7. The predicted molar refractivity (Wildman–Crippen MR) is 62.5 cm³/mol. The Balaban J connectivity index is 2.11. The number of rotatable bonds is 1. The average molecular weight is 276 g/mol. The number of hydrogen-bond donors (Lipinski definition) is 0. The zero-order chi connectivity index (χ0) is 13.2. The third kappa shape index (κ3) is 2.95. The van der Waals surface area contributed by atoms with Gasteiger partial charge in [0.25, 0.3) is 5.91 Å². The Morgan fingerprint density at radius 3 is 2.44 bits per heavy atom. The highest BCUT2D eigenvalue weighted by Crippen LogP contribution is 2.28. The van der Waals surface area contributed by atoms with Gasteiger partial charge < -0.3 is 4.90 Å². The van der Waals surface area contributed by atoms with Gasteiger partial charge in [-0.05, 0) is 12.1 Å². The maximum Gasteiger partial charge on any atom is 0.417 e. The largest absolute Gasteiger partial charge is 0.417 e. The van der Waals surface area contributed by atoms with Crippen molar-refractivity contribution in [2.45, 2.75) is 6.18 Å². The van der Waals surface area contributed by atoms with E-state index in [0.717, 1.165) is 23.6 Å². The SMILES string of the molecule is O=C(c1ccc(C(F)(F)F)cn1)N1CCSCC1. The highest BCUT2D eigenvalue weighted by molar-refractivity contribution is 7.99. The van der Waals surface area contributed by atoms with Crippen LogP contribution in [0.15, 0.2) is 18.3 Å². The van der Waals surface area contributed by atoms with E-state index in [9.17, 15) is 18.0 Å². The van der Waals surface area contributed by atoms with Crippen molar-refractivity contribution in [3.63, 3.8) is 0 Å². The molecule has 0 N–H and O–H groups in total. The van der Waals surface area contributed by atoms with E-state index in [-0.39, 0.29) is 11.6 Å². The maximum atomic E-state index is 12.3. The molecule has 1 amide bonds. The number of alkyl halides is 3. The van der Waals surface area contributed by atoms with Crippen molar-refractivity contribution in [1.82, 2.24) is 9.88 Å². The molecule has 1 aliphatic rings. The summed E-state index contributed by atoms with van der Waals surface area (Å²) in [5, 5.41) is 0. The zero-order valence-electron chi connectivity index (χ0n) is 9.41. The Labute approximate surface area is 106 Å². The second kappa shape index (κ2) is 5.17. The number of aromatic nitrogens is 1. The van der Waals surface area contributed by atoms with Crippen molar-refractivity contribution >= 4 is 17.7 Å². The highest BCUT2D eigenvalue weighted by Gasteiger charge is 2.31. The van der Waals surface area contributed by atoms with Crippen molar-refractivity contribution in [2.75, 3.05) is 24.6 Å². The first-order valence-corrected chi connectivity index (χ1v) is 6.54. The Hall–Kier alpha value is -1.24. The van der Waals surface area contributed by atoms with Crippen LogP contribution in [0.3, 0.4) is 0 Å². The molecule has 1 aromatic rings. The van der Waals surface area contributed by atoms with Crippen molar-refractivity contribution in [3.05, 3.63) is 29.6 Å². The van der Waals surface area contributed by atoms with Gasteiger partial charge in [-0.15, -0.1) is 0 Å². The molecule has 0 saturated carbocycles. The van der Waals surface area contributed by atoms with Crippen LogP contribution in [0.1, 0.15) is 16.1 Å². The number of nitrogens with zero attached hydrogens (tertiary/aromatic N) is 2. The molecule has 0 bridgehead atoms. The first-order valence-electron chi connectivity index (χ1n) is 5.39. The number of carbonyl (C=O) groups excluding carboxylic acids is 1. The molecule has 1 aliphatic heterocycles. The van der Waals surface area contributed by atoms with Gasteiger partial charge in [-0.2, -0.15) is 24.9 Å². The molecule has 1 saturated heterocycles. The molecule has 1 fully saturated rings. The van der Waals surface area contributed by atoms with Crippen LogP contribution >= 0.6 is 11.8 Å². The number of pyridine rings is 1. The number of hydrogen-bond acceptors (Lipinski definition) is 3. The van der Waals surface area contributed by atoms with Crippen LogP contribution in [0.5, 0.6) is 0 Å². The Morgan fingerprint density at radius 2 is 1.94 bits per heavy atom. The summed E-state index contributed by atoms with van der Waals surface area (Å²) in [6, 6.07) is 2.02. The smallest absolute Gasteiger partial charge is 0.336 e. The van der Waals surface area contributed by atoms with E-state index in [1.54, 1.807) is 16.7 Å². The summed E-state index contributed by atoms with van der Waals surface area (Å²) in [6.07, 6.45) is -3.72. The fourth-order valence-electron chi connectivity index (χ4n) is 1.62. The molecule has 0 aromatic carbocycles. The lowest BCUT2D eigenvalue weighted by Crippen LogP contribution is -2.38. The lowest BCUT2D eigenvalue weighted by molar-refractivity contribution is -0.137. The molecule has 3 nitrogen and oxygen atoms in total. The molecule has 0 atom stereocenters. The molecule has 2 heterocycles. The monoisotopic (exact) mass is 276 g/mol. The molecule has 98 valence electrons. The zero-order valence-corrected chi connectivity index (χ0v) is 10.2. The van der Waals surface area contributed by atoms with Crippen molar-refractivity contribution in [1.29, 1.82) is 0 Å². The summed E-state index contributed by atoms with van der Waals surface area (Å²) < 4.78 is 37.0. The fraction of sp³-hybridized carbons (Fsp3) is 0.455. The van der Waals surface area contributed by atoms with Gasteiger partial charge in [0.1, 0.15) is 5.69 Å². The molecule has 18 heavy (non-hydrogen) atoms. The van der Waals surface area contributed by atoms with Gasteiger partial charge in [0.15, 0.2) is 0 Å². The van der Waals surface area contributed by atoms with E-state index in [4.69, 9.17) is 0 Å². The van der Waals surface area contributed by atoms with Crippen LogP contribution in [0, 0.1) is 0 Å². The Morgan fingerprint density at radius 1 is 1.28 bits per heavy atom. The van der Waals surface area contributed by atoms with Gasteiger partial charge in [0.2, 0.25) is 0 Å². The number of halogens is 3. The minimum atomic E-state index is -4.42. The molecule has 0 unspecified atom stereocenters. The van der Waals surface area contributed by atoms with E-state index in [1.165, 1.54) is 0 Å². The number of thioether (sulfide) groups is 1. The molecule has 7 heteroatoms. The van der Waals surface area contributed by atoms with Crippen LogP contribution in [-0.2, 0) is 6.18 Å². The summed E-state index contributed by atoms with van der Waals surface area (Å²) in [7, 11) is 0. The highest BCUT2D eigenvalue weighted by atomic mass is 32.2. The molecule has 1 aromatic heterocycles. The van der Waals surface area contributed by atoms with Gasteiger partial charge in [-0.3, -0.25) is 9.78 Å². The summed E-state index contributed by atoms with van der Waals surface area (Å²) >= 11 is 1.75. The number of amides is 1. The summed E-state index contributed by atoms with van der Waals surface area (Å²) in [4.78, 5) is 17.2. The van der Waals surface area contributed by atoms with Gasteiger partial charge >= 0.3 is 6.18 Å². The first-order chi connectivity index (χ1) is 8.48. The quantitative estimate of drug-likeness (QED) is 0.789. The molecular weight excluding hydrogens is 265 g/mol. The Bertz CT molecular complexity index is 427. The maximum absolute atomic E-state index is 12.3. The first kappa shape index (κ1) is 13.2. The van der Waals surface area contributed by atoms with E-state index >= 15 is 0 Å². The summed E-state index contributed by atoms with van der Waals surface area (Å²) in [5.74, 6) is 1.41. The van der Waals surface area contributed by atoms with E-state index in [2.05, 4.69) is 4.98 Å². The van der Waals surface area contributed by atoms with E-state index in [0.29, 0.717) is 19.3 Å². The van der Waals surface area contributed by atoms with Crippen molar-refractivity contribution in [2.24, 2.45) is 0 Å². The van der Waals surface area contributed by atoms with Crippen molar-refractivity contribution in [3.8, 4) is 0 Å². The average Bonchev–Trinajstić information content (AvgIpc) is 2.38. The van der Waals surface area contributed by atoms with Crippen LogP contribution in [-0.4, -0.2) is 40.4 Å². The van der Waals surface area contributed by atoms with Crippen LogP contribution in [0.25, 0.3) is 0 Å². The van der Waals surface area contributed by atoms with Gasteiger partial charge in [0, 0.05) is 30.8 Å². The molecule has 0 radical (unpaired) electrons. The van der Waals surface area contributed by atoms with E-state index in [1.807, 2.05) is 0 Å². The predicted octanol–water partition coefficient (Wildman–Crippen LogP) is 2.29.